The molecule has 2 aromatic rings. The van der Waals surface area contributed by atoms with Crippen LogP contribution in [0.5, 0.6) is 0 Å². The van der Waals surface area contributed by atoms with Crippen molar-refractivity contribution in [2.24, 2.45) is 0 Å². The summed E-state index contributed by atoms with van der Waals surface area (Å²) >= 11 is 0. The van der Waals surface area contributed by atoms with Gasteiger partial charge in [-0.15, -0.1) is 0 Å². The standard InChI is InChI=1S/C18H22N2O4/c1-4-12(2)14-11-16(24-20-14)17(21)19-15(18(22)23-3)10-13-8-6-5-7-9-13/h5-9,11-12,15H,4,10H2,1-3H3,(H,19,21)/t12-,15-/m0/s1. The van der Waals surface area contributed by atoms with Crippen molar-refractivity contribution in [2.45, 2.75) is 38.6 Å². The zero-order valence-corrected chi connectivity index (χ0v) is 14.1. The first kappa shape index (κ1) is 17.7. The summed E-state index contributed by atoms with van der Waals surface area (Å²) in [6.45, 7) is 4.04. The molecule has 6 nitrogen and oxygen atoms in total. The average Bonchev–Trinajstić information content (AvgIpc) is 3.11. The van der Waals surface area contributed by atoms with Crippen LogP contribution in [-0.2, 0) is 16.0 Å². The zero-order chi connectivity index (χ0) is 17.5. The molecule has 1 N–H and O–H groups in total. The number of hydrogen-bond acceptors (Lipinski definition) is 5. The van der Waals surface area contributed by atoms with Crippen molar-refractivity contribution in [3.05, 3.63) is 53.4 Å². The minimum Gasteiger partial charge on any atom is -0.467 e. The Balaban J connectivity index is 2.09. The molecule has 6 heteroatoms. The van der Waals surface area contributed by atoms with Crippen LogP contribution >= 0.6 is 0 Å². The van der Waals surface area contributed by atoms with Crippen LogP contribution in [0.25, 0.3) is 0 Å². The Morgan fingerprint density at radius 3 is 2.62 bits per heavy atom. The van der Waals surface area contributed by atoms with Gasteiger partial charge in [-0.2, -0.15) is 0 Å². The molecule has 24 heavy (non-hydrogen) atoms. The van der Waals surface area contributed by atoms with Crippen molar-refractivity contribution in [2.75, 3.05) is 7.11 Å². The molecule has 128 valence electrons. The second kappa shape index (κ2) is 8.29. The Hall–Kier alpha value is -2.63. The van der Waals surface area contributed by atoms with Gasteiger partial charge >= 0.3 is 5.97 Å². The molecule has 0 aliphatic heterocycles. The van der Waals surface area contributed by atoms with Crippen molar-refractivity contribution >= 4 is 11.9 Å². The Bertz CT molecular complexity index is 681. The van der Waals surface area contributed by atoms with E-state index in [1.165, 1.54) is 7.11 Å². The van der Waals surface area contributed by atoms with Gasteiger partial charge in [0.15, 0.2) is 0 Å². The van der Waals surface area contributed by atoms with Gasteiger partial charge in [0.2, 0.25) is 5.76 Å². The third kappa shape index (κ3) is 4.44. The van der Waals surface area contributed by atoms with E-state index >= 15 is 0 Å². The molecule has 1 heterocycles. The van der Waals surface area contributed by atoms with Gasteiger partial charge in [0.05, 0.1) is 12.8 Å². The third-order valence-corrected chi connectivity index (χ3v) is 3.94. The van der Waals surface area contributed by atoms with Crippen molar-refractivity contribution < 1.29 is 18.8 Å². The highest BCUT2D eigenvalue weighted by molar-refractivity contribution is 5.94. The lowest BCUT2D eigenvalue weighted by Gasteiger charge is -2.15. The van der Waals surface area contributed by atoms with E-state index in [-0.39, 0.29) is 11.7 Å². The van der Waals surface area contributed by atoms with E-state index in [9.17, 15) is 9.59 Å². The summed E-state index contributed by atoms with van der Waals surface area (Å²) in [5, 5.41) is 6.57. The fraction of sp³-hybridized carbons (Fsp3) is 0.389. The van der Waals surface area contributed by atoms with Gasteiger partial charge in [-0.25, -0.2) is 4.79 Å². The lowest BCUT2D eigenvalue weighted by atomic mass is 10.0. The van der Waals surface area contributed by atoms with Crippen molar-refractivity contribution in [3.8, 4) is 0 Å². The Morgan fingerprint density at radius 1 is 1.29 bits per heavy atom. The Morgan fingerprint density at radius 2 is 2.00 bits per heavy atom. The number of esters is 1. The van der Waals surface area contributed by atoms with Crippen LogP contribution in [0, 0.1) is 0 Å². The summed E-state index contributed by atoms with van der Waals surface area (Å²) in [6, 6.07) is 10.2. The first-order chi connectivity index (χ1) is 11.5. The average molecular weight is 330 g/mol. The number of methoxy groups -OCH3 is 1. The van der Waals surface area contributed by atoms with E-state index in [4.69, 9.17) is 9.26 Å². The van der Waals surface area contributed by atoms with Crippen LogP contribution in [0.2, 0.25) is 0 Å². The van der Waals surface area contributed by atoms with Crippen LogP contribution in [0.4, 0.5) is 0 Å². The normalized spacial score (nSPS) is 13.1. The van der Waals surface area contributed by atoms with E-state index in [1.807, 2.05) is 44.2 Å². The van der Waals surface area contributed by atoms with Crippen LogP contribution in [0.15, 0.2) is 40.9 Å². The van der Waals surface area contributed by atoms with Crippen LogP contribution in [0.3, 0.4) is 0 Å². The van der Waals surface area contributed by atoms with Crippen LogP contribution in [-0.4, -0.2) is 30.2 Å². The van der Waals surface area contributed by atoms with Gasteiger partial charge in [-0.05, 0) is 12.0 Å². The lowest BCUT2D eigenvalue weighted by molar-refractivity contribution is -0.142. The number of nitrogens with zero attached hydrogens (tertiary/aromatic N) is 1. The molecule has 0 aliphatic carbocycles. The smallest absolute Gasteiger partial charge is 0.328 e. The third-order valence-electron chi connectivity index (χ3n) is 3.94. The summed E-state index contributed by atoms with van der Waals surface area (Å²) in [6.07, 6.45) is 1.23. The fourth-order valence-corrected chi connectivity index (χ4v) is 2.25. The summed E-state index contributed by atoms with van der Waals surface area (Å²) in [4.78, 5) is 24.3. The molecule has 0 spiro atoms. The molecule has 1 amide bonds. The highest BCUT2D eigenvalue weighted by Crippen LogP contribution is 2.18. The summed E-state index contributed by atoms with van der Waals surface area (Å²) in [5.41, 5.74) is 1.64. The summed E-state index contributed by atoms with van der Waals surface area (Å²) in [5.74, 6) is -0.694. The van der Waals surface area contributed by atoms with Gasteiger partial charge in [0, 0.05) is 18.4 Å². The maximum absolute atomic E-state index is 12.3. The molecule has 2 atom stereocenters. The number of ether oxygens (including phenoxy) is 1. The molecular weight excluding hydrogens is 308 g/mol. The molecule has 1 aromatic carbocycles. The van der Waals surface area contributed by atoms with Gasteiger partial charge in [0.25, 0.3) is 5.91 Å². The van der Waals surface area contributed by atoms with E-state index < -0.39 is 17.9 Å². The molecule has 0 radical (unpaired) electrons. The first-order valence-corrected chi connectivity index (χ1v) is 7.94. The molecule has 2 rings (SSSR count). The maximum Gasteiger partial charge on any atom is 0.328 e. The predicted octanol–water partition coefficient (Wildman–Crippen LogP) is 2.70. The fourth-order valence-electron chi connectivity index (χ4n) is 2.25. The molecular formula is C18H22N2O4. The van der Waals surface area contributed by atoms with Crippen molar-refractivity contribution in [1.29, 1.82) is 0 Å². The zero-order valence-electron chi connectivity index (χ0n) is 14.1. The van der Waals surface area contributed by atoms with Crippen LogP contribution < -0.4 is 5.32 Å². The second-order valence-electron chi connectivity index (χ2n) is 5.66. The number of carbonyl (C=O) groups is 2. The number of aromatic nitrogens is 1. The second-order valence-corrected chi connectivity index (χ2v) is 5.66. The maximum atomic E-state index is 12.3. The number of nitrogens with one attached hydrogen (secondary N) is 1. The molecule has 0 saturated carbocycles. The monoisotopic (exact) mass is 330 g/mol. The molecule has 1 aromatic heterocycles. The molecule has 0 fully saturated rings. The van der Waals surface area contributed by atoms with E-state index in [0.717, 1.165) is 17.7 Å². The van der Waals surface area contributed by atoms with E-state index in [0.29, 0.717) is 6.42 Å². The Labute approximate surface area is 141 Å². The first-order valence-electron chi connectivity index (χ1n) is 7.94. The SMILES string of the molecule is CC[C@H](C)c1cc(C(=O)N[C@@H](Cc2ccccc2)C(=O)OC)on1. The molecule has 0 aliphatic rings. The largest absolute Gasteiger partial charge is 0.467 e. The van der Waals surface area contributed by atoms with Crippen molar-refractivity contribution in [3.63, 3.8) is 0 Å². The summed E-state index contributed by atoms with van der Waals surface area (Å²) in [7, 11) is 1.29. The number of carbonyl (C=O) groups excluding carboxylic acids is 2. The number of benzene rings is 1. The minimum absolute atomic E-state index is 0.0901. The lowest BCUT2D eigenvalue weighted by Crippen LogP contribution is -2.43. The minimum atomic E-state index is -0.790. The highest BCUT2D eigenvalue weighted by atomic mass is 16.5. The highest BCUT2D eigenvalue weighted by Gasteiger charge is 2.25. The van der Waals surface area contributed by atoms with Crippen molar-refractivity contribution in [1.82, 2.24) is 10.5 Å². The van der Waals surface area contributed by atoms with Crippen LogP contribution in [0.1, 0.15) is 48.0 Å². The quantitative estimate of drug-likeness (QED) is 0.789. The molecule has 0 saturated heterocycles. The van der Waals surface area contributed by atoms with Gasteiger partial charge in [0.1, 0.15) is 6.04 Å². The molecule has 0 unspecified atom stereocenters. The van der Waals surface area contributed by atoms with E-state index in [2.05, 4.69) is 10.5 Å². The summed E-state index contributed by atoms with van der Waals surface area (Å²) < 4.78 is 9.88. The van der Waals surface area contributed by atoms with Gasteiger partial charge < -0.3 is 14.6 Å². The number of amides is 1. The number of hydrogen-bond donors (Lipinski definition) is 1. The topological polar surface area (TPSA) is 81.4 Å². The van der Waals surface area contributed by atoms with Gasteiger partial charge in [-0.3, -0.25) is 4.79 Å². The predicted molar refractivity (Wildman–Crippen MR) is 88.6 cm³/mol. The van der Waals surface area contributed by atoms with Gasteiger partial charge in [-0.1, -0.05) is 49.3 Å². The Kier molecular flexibility index (Phi) is 6.12. The molecule has 0 bridgehead atoms. The van der Waals surface area contributed by atoms with E-state index in [1.54, 1.807) is 6.07 Å². The number of rotatable bonds is 7.